The molecule has 2 N–H and O–H groups in total. The number of carbonyl (C=O) groups is 4. The molecular formula is C15H15F3N2O6. The van der Waals surface area contributed by atoms with Crippen LogP contribution in [0, 0.1) is 0 Å². The van der Waals surface area contributed by atoms with Crippen LogP contribution in [0.4, 0.5) is 18.0 Å². The Balaban J connectivity index is 2.27. The van der Waals surface area contributed by atoms with Crippen LogP contribution < -0.4 is 15.4 Å². The fourth-order valence-electron chi connectivity index (χ4n) is 1.50. The molecule has 0 saturated heterocycles. The Morgan fingerprint density at radius 2 is 1.65 bits per heavy atom. The second-order valence-electron chi connectivity index (χ2n) is 4.88. The molecule has 11 heteroatoms. The van der Waals surface area contributed by atoms with Crippen LogP contribution >= 0.6 is 0 Å². The van der Waals surface area contributed by atoms with Crippen LogP contribution in [0.2, 0.25) is 0 Å². The maximum Gasteiger partial charge on any atom is 0.405 e. The molecule has 0 aliphatic heterocycles. The van der Waals surface area contributed by atoms with Crippen molar-refractivity contribution in [3.63, 3.8) is 0 Å². The van der Waals surface area contributed by atoms with Gasteiger partial charge < -0.3 is 14.8 Å². The third-order valence-electron chi connectivity index (χ3n) is 2.68. The normalized spacial score (nSPS) is 10.6. The number of hydrogen-bond donors (Lipinski definition) is 2. The van der Waals surface area contributed by atoms with E-state index in [2.05, 4.69) is 4.74 Å². The summed E-state index contributed by atoms with van der Waals surface area (Å²) >= 11 is 0. The van der Waals surface area contributed by atoms with E-state index in [0.29, 0.717) is 5.56 Å². The lowest BCUT2D eigenvalue weighted by Crippen LogP contribution is -2.44. The molecule has 0 bridgehead atoms. The molecule has 142 valence electrons. The second-order valence-corrected chi connectivity index (χ2v) is 4.88. The molecule has 0 aliphatic rings. The molecule has 0 aromatic heterocycles. The first kappa shape index (κ1) is 20.9. The predicted molar refractivity (Wildman–Crippen MR) is 80.5 cm³/mol. The Kier molecular flexibility index (Phi) is 7.56. The highest BCUT2D eigenvalue weighted by Gasteiger charge is 2.28. The van der Waals surface area contributed by atoms with E-state index in [4.69, 9.17) is 4.74 Å². The summed E-state index contributed by atoms with van der Waals surface area (Å²) in [7, 11) is 0. The number of carbonyl (C=O) groups excluding carboxylic acids is 4. The van der Waals surface area contributed by atoms with Crippen LogP contribution in [0.1, 0.15) is 17.3 Å². The standard InChI is InChI=1S/C15H15F3N2O6/c1-9(21)10-2-4-11(5-3-10)25-7-13(23)26-6-12(22)20-14(24)19-8-15(16,17)18/h2-5H,6-8H2,1H3,(H2,19,20,22,24). The van der Waals surface area contributed by atoms with E-state index in [1.54, 1.807) is 5.32 Å². The van der Waals surface area contributed by atoms with Crippen molar-refractivity contribution >= 4 is 23.7 Å². The largest absolute Gasteiger partial charge is 0.482 e. The minimum atomic E-state index is -4.62. The molecule has 0 spiro atoms. The van der Waals surface area contributed by atoms with Crippen molar-refractivity contribution in [3.05, 3.63) is 29.8 Å². The molecule has 26 heavy (non-hydrogen) atoms. The van der Waals surface area contributed by atoms with Gasteiger partial charge in [0.15, 0.2) is 19.0 Å². The molecule has 0 radical (unpaired) electrons. The number of amides is 3. The van der Waals surface area contributed by atoms with Gasteiger partial charge in [0.2, 0.25) is 0 Å². The summed E-state index contributed by atoms with van der Waals surface area (Å²) < 4.78 is 45.2. The van der Waals surface area contributed by atoms with Gasteiger partial charge in [-0.1, -0.05) is 0 Å². The molecule has 0 heterocycles. The lowest BCUT2D eigenvalue weighted by molar-refractivity contribution is -0.150. The highest BCUT2D eigenvalue weighted by atomic mass is 19.4. The number of esters is 1. The maximum atomic E-state index is 11.9. The van der Waals surface area contributed by atoms with Gasteiger partial charge >= 0.3 is 18.2 Å². The summed E-state index contributed by atoms with van der Waals surface area (Å²) in [5.74, 6) is -1.90. The highest BCUT2D eigenvalue weighted by Crippen LogP contribution is 2.13. The van der Waals surface area contributed by atoms with E-state index in [0.717, 1.165) is 0 Å². The van der Waals surface area contributed by atoms with Crippen molar-refractivity contribution in [2.45, 2.75) is 13.1 Å². The number of ketones is 1. The van der Waals surface area contributed by atoms with E-state index in [9.17, 15) is 32.3 Å². The molecule has 0 fully saturated rings. The minimum Gasteiger partial charge on any atom is -0.482 e. The lowest BCUT2D eigenvalue weighted by atomic mass is 10.1. The molecule has 3 amide bonds. The number of halogens is 3. The van der Waals surface area contributed by atoms with Crippen molar-refractivity contribution < 1.29 is 41.8 Å². The first-order valence-corrected chi connectivity index (χ1v) is 7.10. The van der Waals surface area contributed by atoms with E-state index >= 15 is 0 Å². The Morgan fingerprint density at radius 1 is 1.04 bits per heavy atom. The number of nitrogens with one attached hydrogen (secondary N) is 2. The molecule has 0 aliphatic carbocycles. The summed E-state index contributed by atoms with van der Waals surface area (Å²) in [6, 6.07) is 4.54. The molecule has 1 aromatic rings. The summed E-state index contributed by atoms with van der Waals surface area (Å²) in [4.78, 5) is 44.8. The fourth-order valence-corrected chi connectivity index (χ4v) is 1.50. The number of benzene rings is 1. The van der Waals surface area contributed by atoms with Crippen LogP contribution in [0.15, 0.2) is 24.3 Å². The van der Waals surface area contributed by atoms with Gasteiger partial charge in [-0.05, 0) is 31.2 Å². The van der Waals surface area contributed by atoms with Gasteiger partial charge in [-0.3, -0.25) is 14.9 Å². The van der Waals surface area contributed by atoms with Crippen LogP contribution in [0.3, 0.4) is 0 Å². The average molecular weight is 376 g/mol. The molecule has 0 unspecified atom stereocenters. The maximum absolute atomic E-state index is 11.9. The van der Waals surface area contributed by atoms with Gasteiger partial charge in [-0.2, -0.15) is 13.2 Å². The summed E-state index contributed by atoms with van der Waals surface area (Å²) in [5, 5.41) is 2.97. The monoisotopic (exact) mass is 376 g/mol. The summed E-state index contributed by atoms with van der Waals surface area (Å²) in [6.45, 7) is -1.64. The molecule has 1 rings (SSSR count). The number of hydrogen-bond acceptors (Lipinski definition) is 6. The van der Waals surface area contributed by atoms with Crippen molar-refractivity contribution in [1.82, 2.24) is 10.6 Å². The van der Waals surface area contributed by atoms with Crippen LogP contribution in [-0.2, 0) is 14.3 Å². The number of urea groups is 1. The third-order valence-corrected chi connectivity index (χ3v) is 2.68. The Hall–Kier alpha value is -3.11. The van der Waals surface area contributed by atoms with Crippen LogP contribution in [0.25, 0.3) is 0 Å². The fraction of sp³-hybridized carbons (Fsp3) is 0.333. The smallest absolute Gasteiger partial charge is 0.405 e. The zero-order chi connectivity index (χ0) is 19.7. The summed E-state index contributed by atoms with van der Waals surface area (Å²) in [5.41, 5.74) is 0.459. The number of rotatable bonds is 7. The van der Waals surface area contributed by atoms with Crippen LogP contribution in [-0.4, -0.2) is 49.6 Å². The topological polar surface area (TPSA) is 111 Å². The van der Waals surface area contributed by atoms with Crippen molar-refractivity contribution in [2.75, 3.05) is 19.8 Å². The molecule has 0 saturated carbocycles. The van der Waals surface area contributed by atoms with Gasteiger partial charge in [-0.15, -0.1) is 0 Å². The highest BCUT2D eigenvalue weighted by molar-refractivity contribution is 5.95. The van der Waals surface area contributed by atoms with Crippen molar-refractivity contribution in [3.8, 4) is 5.75 Å². The second kappa shape index (κ2) is 9.39. The van der Waals surface area contributed by atoms with E-state index in [-0.39, 0.29) is 11.5 Å². The van der Waals surface area contributed by atoms with Gasteiger partial charge in [-0.25, -0.2) is 9.59 Å². The zero-order valence-electron chi connectivity index (χ0n) is 13.5. The minimum absolute atomic E-state index is 0.138. The first-order valence-electron chi connectivity index (χ1n) is 7.10. The van der Waals surface area contributed by atoms with E-state index in [1.165, 1.54) is 36.5 Å². The van der Waals surface area contributed by atoms with E-state index < -0.39 is 43.8 Å². The van der Waals surface area contributed by atoms with E-state index in [1.807, 2.05) is 0 Å². The number of ether oxygens (including phenoxy) is 2. The lowest BCUT2D eigenvalue weighted by Gasteiger charge is -2.09. The van der Waals surface area contributed by atoms with Crippen molar-refractivity contribution in [1.29, 1.82) is 0 Å². The molecule has 0 atom stereocenters. The quantitative estimate of drug-likeness (QED) is 0.547. The summed E-state index contributed by atoms with van der Waals surface area (Å²) in [6.07, 6.45) is -4.62. The van der Waals surface area contributed by atoms with Crippen LogP contribution in [0.5, 0.6) is 5.75 Å². The Morgan fingerprint density at radius 3 is 2.19 bits per heavy atom. The average Bonchev–Trinajstić information content (AvgIpc) is 2.56. The van der Waals surface area contributed by atoms with Gasteiger partial charge in [0, 0.05) is 5.56 Å². The molecule has 1 aromatic carbocycles. The molecular weight excluding hydrogens is 361 g/mol. The SMILES string of the molecule is CC(=O)c1ccc(OCC(=O)OCC(=O)NC(=O)NCC(F)(F)F)cc1. The van der Waals surface area contributed by atoms with Gasteiger partial charge in [0.1, 0.15) is 12.3 Å². The number of imide groups is 1. The first-order chi connectivity index (χ1) is 12.1. The number of alkyl halides is 3. The Bertz CT molecular complexity index is 673. The predicted octanol–water partition coefficient (Wildman–Crippen LogP) is 1.20. The molecule has 8 nitrogen and oxygen atoms in total. The number of Topliss-reactive ketones (excluding diaryl/α,β-unsaturated/α-hetero) is 1. The van der Waals surface area contributed by atoms with Crippen molar-refractivity contribution in [2.24, 2.45) is 0 Å². The van der Waals surface area contributed by atoms with Gasteiger partial charge in [0.25, 0.3) is 5.91 Å². The third kappa shape index (κ3) is 8.66. The Labute approximate surface area is 145 Å². The van der Waals surface area contributed by atoms with Gasteiger partial charge in [0.05, 0.1) is 0 Å². The zero-order valence-corrected chi connectivity index (χ0v) is 13.5.